The van der Waals surface area contributed by atoms with E-state index in [1.165, 1.54) is 29.0 Å². The van der Waals surface area contributed by atoms with Gasteiger partial charge in [-0.1, -0.05) is 0 Å². The number of halogens is 3. The van der Waals surface area contributed by atoms with Crippen LogP contribution in [0.5, 0.6) is 5.75 Å². The van der Waals surface area contributed by atoms with E-state index in [4.69, 9.17) is 0 Å². The van der Waals surface area contributed by atoms with Gasteiger partial charge in [0.1, 0.15) is 5.75 Å². The first-order chi connectivity index (χ1) is 11.4. The van der Waals surface area contributed by atoms with Crippen LogP contribution in [0.4, 0.5) is 13.2 Å². The molecule has 0 N–H and O–H groups in total. The molecule has 0 aliphatic carbocycles. The van der Waals surface area contributed by atoms with Gasteiger partial charge in [-0.05, 0) is 36.4 Å². The number of ether oxygens (including phenoxy) is 1. The molecule has 0 bridgehead atoms. The Bertz CT molecular complexity index is 891. The van der Waals surface area contributed by atoms with Crippen molar-refractivity contribution in [3.05, 3.63) is 71.4 Å². The molecule has 8 heteroatoms. The summed E-state index contributed by atoms with van der Waals surface area (Å²) in [7, 11) is 0. The Hall–Kier alpha value is -3.16. The lowest BCUT2D eigenvalue weighted by molar-refractivity contribution is -0.274. The lowest BCUT2D eigenvalue weighted by atomic mass is 10.2. The van der Waals surface area contributed by atoms with Crippen LogP contribution in [0.3, 0.4) is 0 Å². The third kappa shape index (κ3) is 3.60. The zero-order valence-corrected chi connectivity index (χ0v) is 12.1. The van der Waals surface area contributed by atoms with Gasteiger partial charge in [-0.25, -0.2) is 9.97 Å². The Kier molecular flexibility index (Phi) is 4.03. The topological polar surface area (TPSA) is 57.0 Å². The fraction of sp³-hybridized carbons (Fsp3) is 0.0625. The minimum atomic E-state index is -4.76. The lowest BCUT2D eigenvalue weighted by Crippen LogP contribution is -2.18. The van der Waals surface area contributed by atoms with Crippen LogP contribution in [0, 0.1) is 0 Å². The van der Waals surface area contributed by atoms with Crippen molar-refractivity contribution in [3.63, 3.8) is 0 Å². The smallest absolute Gasteiger partial charge is 0.406 e. The molecule has 2 heterocycles. The minimum Gasteiger partial charge on any atom is -0.406 e. The van der Waals surface area contributed by atoms with Crippen LogP contribution in [-0.2, 0) is 0 Å². The summed E-state index contributed by atoms with van der Waals surface area (Å²) >= 11 is 0. The van der Waals surface area contributed by atoms with Crippen molar-refractivity contribution in [2.75, 3.05) is 0 Å². The van der Waals surface area contributed by atoms with Crippen LogP contribution < -0.4 is 10.3 Å². The lowest BCUT2D eigenvalue weighted by Gasteiger charge is -2.11. The zero-order chi connectivity index (χ0) is 17.2. The monoisotopic (exact) mass is 333 g/mol. The molecular weight excluding hydrogens is 323 g/mol. The zero-order valence-electron chi connectivity index (χ0n) is 12.1. The van der Waals surface area contributed by atoms with Gasteiger partial charge in [0.25, 0.3) is 5.56 Å². The molecule has 2 aromatic heterocycles. The summed E-state index contributed by atoms with van der Waals surface area (Å²) in [6.07, 6.45) is -0.0949. The molecule has 1 aromatic carbocycles. The third-order valence-corrected chi connectivity index (χ3v) is 3.08. The summed E-state index contributed by atoms with van der Waals surface area (Å²) in [6.45, 7) is 0. The van der Waals surface area contributed by atoms with Gasteiger partial charge in [-0.2, -0.15) is 0 Å². The molecule has 0 radical (unpaired) electrons. The molecule has 3 rings (SSSR count). The van der Waals surface area contributed by atoms with Crippen LogP contribution in [0.15, 0.2) is 65.8 Å². The first-order valence-corrected chi connectivity index (χ1v) is 6.79. The van der Waals surface area contributed by atoms with E-state index in [1.807, 2.05) is 0 Å². The SMILES string of the molecule is O=c1ccc(-c2ncccn2)cn1-c1ccc(OC(F)(F)F)cc1. The Labute approximate surface area is 134 Å². The molecule has 0 aliphatic rings. The Balaban J connectivity index is 1.96. The van der Waals surface area contributed by atoms with E-state index in [0.717, 1.165) is 12.1 Å². The average Bonchev–Trinajstić information content (AvgIpc) is 2.56. The quantitative estimate of drug-likeness (QED) is 0.739. The van der Waals surface area contributed by atoms with Gasteiger partial charge in [0.15, 0.2) is 5.82 Å². The van der Waals surface area contributed by atoms with Crippen molar-refractivity contribution < 1.29 is 17.9 Å². The summed E-state index contributed by atoms with van der Waals surface area (Å²) in [5, 5.41) is 0. The fourth-order valence-corrected chi connectivity index (χ4v) is 2.08. The van der Waals surface area contributed by atoms with Gasteiger partial charge in [0, 0.05) is 35.9 Å². The number of nitrogens with zero attached hydrogens (tertiary/aromatic N) is 3. The molecule has 0 spiro atoms. The van der Waals surface area contributed by atoms with Crippen LogP contribution in [-0.4, -0.2) is 20.9 Å². The molecule has 0 fully saturated rings. The second-order valence-corrected chi connectivity index (χ2v) is 4.74. The Morgan fingerprint density at radius 3 is 2.25 bits per heavy atom. The highest BCUT2D eigenvalue weighted by Crippen LogP contribution is 2.23. The predicted molar refractivity (Wildman–Crippen MR) is 79.7 cm³/mol. The third-order valence-electron chi connectivity index (χ3n) is 3.08. The van der Waals surface area contributed by atoms with Gasteiger partial charge in [0.2, 0.25) is 0 Å². The van der Waals surface area contributed by atoms with Crippen LogP contribution in [0.1, 0.15) is 0 Å². The first-order valence-electron chi connectivity index (χ1n) is 6.79. The molecule has 0 aliphatic heterocycles. The van der Waals surface area contributed by atoms with Crippen molar-refractivity contribution in [3.8, 4) is 22.8 Å². The van der Waals surface area contributed by atoms with E-state index in [1.54, 1.807) is 24.5 Å². The molecule has 24 heavy (non-hydrogen) atoms. The van der Waals surface area contributed by atoms with Crippen molar-refractivity contribution >= 4 is 0 Å². The van der Waals surface area contributed by atoms with Crippen LogP contribution >= 0.6 is 0 Å². The highest BCUT2D eigenvalue weighted by molar-refractivity contribution is 5.54. The maximum absolute atomic E-state index is 12.2. The minimum absolute atomic E-state index is 0.334. The van der Waals surface area contributed by atoms with E-state index in [-0.39, 0.29) is 11.3 Å². The van der Waals surface area contributed by atoms with Gasteiger partial charge < -0.3 is 4.74 Å². The number of rotatable bonds is 3. The van der Waals surface area contributed by atoms with E-state index in [2.05, 4.69) is 14.7 Å². The van der Waals surface area contributed by atoms with Crippen molar-refractivity contribution in [1.82, 2.24) is 14.5 Å². The largest absolute Gasteiger partial charge is 0.573 e. The average molecular weight is 333 g/mol. The van der Waals surface area contributed by atoms with Gasteiger partial charge in [-0.3, -0.25) is 9.36 Å². The highest BCUT2D eigenvalue weighted by atomic mass is 19.4. The van der Waals surface area contributed by atoms with Gasteiger partial charge in [0.05, 0.1) is 0 Å². The van der Waals surface area contributed by atoms with E-state index in [9.17, 15) is 18.0 Å². The molecule has 0 saturated heterocycles. The number of benzene rings is 1. The molecule has 0 atom stereocenters. The highest BCUT2D eigenvalue weighted by Gasteiger charge is 2.30. The summed E-state index contributed by atoms with van der Waals surface area (Å²) in [5.74, 6) is 0.0742. The van der Waals surface area contributed by atoms with Crippen molar-refractivity contribution in [1.29, 1.82) is 0 Å². The maximum Gasteiger partial charge on any atom is 0.573 e. The number of alkyl halides is 3. The van der Waals surface area contributed by atoms with E-state index in [0.29, 0.717) is 17.1 Å². The Morgan fingerprint density at radius 1 is 0.958 bits per heavy atom. The molecule has 5 nitrogen and oxygen atoms in total. The number of hydrogen-bond acceptors (Lipinski definition) is 4. The second kappa shape index (κ2) is 6.15. The molecule has 122 valence electrons. The molecule has 0 saturated carbocycles. The van der Waals surface area contributed by atoms with Gasteiger partial charge in [-0.15, -0.1) is 13.2 Å². The Morgan fingerprint density at radius 2 is 1.62 bits per heavy atom. The molecule has 3 aromatic rings. The summed E-state index contributed by atoms with van der Waals surface area (Å²) < 4.78 is 41.6. The summed E-state index contributed by atoms with van der Waals surface area (Å²) in [6, 6.07) is 9.58. The van der Waals surface area contributed by atoms with Crippen LogP contribution in [0.25, 0.3) is 17.1 Å². The standard InChI is InChI=1S/C16H10F3N3O2/c17-16(18,19)24-13-5-3-12(4-6-13)22-10-11(2-7-14(22)23)15-20-8-1-9-21-15/h1-10H. The van der Waals surface area contributed by atoms with Crippen molar-refractivity contribution in [2.45, 2.75) is 6.36 Å². The maximum atomic E-state index is 12.2. The normalized spacial score (nSPS) is 11.3. The predicted octanol–water partition coefficient (Wildman–Crippen LogP) is 3.19. The molecular formula is C16H10F3N3O2. The molecule has 0 amide bonds. The molecule has 0 unspecified atom stereocenters. The number of aromatic nitrogens is 3. The summed E-state index contributed by atoms with van der Waals surface area (Å²) in [5.41, 5.74) is 0.664. The first kappa shape index (κ1) is 15.7. The van der Waals surface area contributed by atoms with E-state index >= 15 is 0 Å². The summed E-state index contributed by atoms with van der Waals surface area (Å²) in [4.78, 5) is 20.2. The van der Waals surface area contributed by atoms with E-state index < -0.39 is 6.36 Å². The second-order valence-electron chi connectivity index (χ2n) is 4.74. The fourth-order valence-electron chi connectivity index (χ4n) is 2.08. The van der Waals surface area contributed by atoms with Crippen LogP contribution in [0.2, 0.25) is 0 Å². The number of pyridine rings is 1. The number of hydrogen-bond donors (Lipinski definition) is 0. The van der Waals surface area contributed by atoms with Crippen molar-refractivity contribution in [2.24, 2.45) is 0 Å². The van der Waals surface area contributed by atoms with Gasteiger partial charge >= 0.3 is 6.36 Å².